The highest BCUT2D eigenvalue weighted by Crippen LogP contribution is 2.29. The van der Waals surface area contributed by atoms with Gasteiger partial charge in [0.1, 0.15) is 5.75 Å². The van der Waals surface area contributed by atoms with Crippen LogP contribution in [0, 0.1) is 6.92 Å². The molecular formula is C20H21N3O2S. The van der Waals surface area contributed by atoms with Crippen LogP contribution in [-0.4, -0.2) is 17.5 Å². The van der Waals surface area contributed by atoms with Gasteiger partial charge in [0.05, 0.1) is 11.7 Å². The van der Waals surface area contributed by atoms with Gasteiger partial charge in [-0.05, 0) is 43.7 Å². The second-order valence-electron chi connectivity index (χ2n) is 5.97. The first-order chi connectivity index (χ1) is 12.5. The van der Waals surface area contributed by atoms with E-state index >= 15 is 0 Å². The number of nitrogens with zero attached hydrogens (tertiary/aromatic N) is 1. The number of aromatic nitrogens is 1. The van der Waals surface area contributed by atoms with Crippen molar-refractivity contribution in [2.24, 2.45) is 0 Å². The Hall–Kier alpha value is -2.86. The minimum atomic E-state index is -0.159. The predicted molar refractivity (Wildman–Crippen MR) is 105 cm³/mol. The SMILES string of the molecule is Cc1sc(N)nc1-c1ccc(OCC(=O)NC(C)c2ccccc2)cc1. The van der Waals surface area contributed by atoms with Crippen LogP contribution in [0.3, 0.4) is 0 Å². The highest BCUT2D eigenvalue weighted by atomic mass is 32.1. The minimum Gasteiger partial charge on any atom is -0.484 e. The van der Waals surface area contributed by atoms with Crippen molar-refractivity contribution in [3.8, 4) is 17.0 Å². The van der Waals surface area contributed by atoms with Crippen LogP contribution in [-0.2, 0) is 4.79 Å². The van der Waals surface area contributed by atoms with Gasteiger partial charge < -0.3 is 15.8 Å². The van der Waals surface area contributed by atoms with E-state index < -0.39 is 0 Å². The van der Waals surface area contributed by atoms with Crippen molar-refractivity contribution in [2.45, 2.75) is 19.9 Å². The lowest BCUT2D eigenvalue weighted by molar-refractivity contribution is -0.123. The summed E-state index contributed by atoms with van der Waals surface area (Å²) in [4.78, 5) is 17.5. The van der Waals surface area contributed by atoms with Gasteiger partial charge in [0, 0.05) is 10.4 Å². The number of benzene rings is 2. The van der Waals surface area contributed by atoms with Crippen LogP contribution in [0.2, 0.25) is 0 Å². The Morgan fingerprint density at radius 2 is 1.88 bits per heavy atom. The minimum absolute atomic E-state index is 0.0286. The van der Waals surface area contributed by atoms with Gasteiger partial charge >= 0.3 is 0 Å². The van der Waals surface area contributed by atoms with E-state index in [9.17, 15) is 4.79 Å². The number of hydrogen-bond acceptors (Lipinski definition) is 5. The van der Waals surface area contributed by atoms with Crippen molar-refractivity contribution < 1.29 is 9.53 Å². The van der Waals surface area contributed by atoms with Gasteiger partial charge in [-0.1, -0.05) is 30.3 Å². The summed E-state index contributed by atoms with van der Waals surface area (Å²) >= 11 is 1.47. The monoisotopic (exact) mass is 367 g/mol. The smallest absolute Gasteiger partial charge is 0.258 e. The van der Waals surface area contributed by atoms with E-state index in [2.05, 4.69) is 10.3 Å². The number of carbonyl (C=O) groups is 1. The molecule has 1 aromatic heterocycles. The third-order valence-electron chi connectivity index (χ3n) is 3.99. The van der Waals surface area contributed by atoms with Gasteiger partial charge in [-0.3, -0.25) is 4.79 Å². The van der Waals surface area contributed by atoms with Crippen LogP contribution in [0.5, 0.6) is 5.75 Å². The van der Waals surface area contributed by atoms with Crippen LogP contribution in [0.15, 0.2) is 54.6 Å². The molecule has 0 spiro atoms. The van der Waals surface area contributed by atoms with Crippen LogP contribution in [0.1, 0.15) is 23.4 Å². The summed E-state index contributed by atoms with van der Waals surface area (Å²) in [6.45, 7) is 3.91. The molecule has 5 nitrogen and oxygen atoms in total. The molecule has 2 aromatic carbocycles. The van der Waals surface area contributed by atoms with Gasteiger partial charge in [-0.15, -0.1) is 11.3 Å². The second-order valence-corrected chi connectivity index (χ2v) is 7.20. The van der Waals surface area contributed by atoms with Crippen molar-refractivity contribution in [3.05, 3.63) is 65.0 Å². The number of thiazole rings is 1. The van der Waals surface area contributed by atoms with Crippen LogP contribution >= 0.6 is 11.3 Å². The van der Waals surface area contributed by atoms with E-state index in [1.54, 1.807) is 0 Å². The van der Waals surface area contributed by atoms with Gasteiger partial charge in [0.2, 0.25) is 0 Å². The number of hydrogen-bond donors (Lipinski definition) is 2. The first-order valence-electron chi connectivity index (χ1n) is 8.33. The third-order valence-corrected chi connectivity index (χ3v) is 4.79. The lowest BCUT2D eigenvalue weighted by atomic mass is 10.1. The first kappa shape index (κ1) is 17.9. The van der Waals surface area contributed by atoms with Crippen LogP contribution < -0.4 is 15.8 Å². The number of ether oxygens (including phenoxy) is 1. The summed E-state index contributed by atoms with van der Waals surface area (Å²) in [6, 6.07) is 17.3. The van der Waals surface area contributed by atoms with Crippen molar-refractivity contribution in [2.75, 3.05) is 12.3 Å². The average molecular weight is 367 g/mol. The molecule has 0 aliphatic rings. The highest BCUT2D eigenvalue weighted by Gasteiger charge is 2.11. The zero-order chi connectivity index (χ0) is 18.5. The number of rotatable bonds is 6. The van der Waals surface area contributed by atoms with Crippen LogP contribution in [0.4, 0.5) is 5.13 Å². The Labute approximate surface area is 156 Å². The van der Waals surface area contributed by atoms with E-state index in [0.29, 0.717) is 10.9 Å². The number of anilines is 1. The molecule has 1 heterocycles. The fourth-order valence-corrected chi connectivity index (χ4v) is 3.36. The van der Waals surface area contributed by atoms with Crippen LogP contribution in [0.25, 0.3) is 11.3 Å². The van der Waals surface area contributed by atoms with E-state index in [4.69, 9.17) is 10.5 Å². The maximum Gasteiger partial charge on any atom is 0.258 e. The fourth-order valence-electron chi connectivity index (χ4n) is 2.65. The summed E-state index contributed by atoms with van der Waals surface area (Å²) < 4.78 is 5.58. The van der Waals surface area contributed by atoms with Gasteiger partial charge in [-0.25, -0.2) is 4.98 Å². The van der Waals surface area contributed by atoms with E-state index in [-0.39, 0.29) is 18.6 Å². The Morgan fingerprint density at radius 3 is 2.50 bits per heavy atom. The molecule has 1 amide bonds. The van der Waals surface area contributed by atoms with E-state index in [1.165, 1.54) is 11.3 Å². The Kier molecular flexibility index (Phi) is 5.53. The lowest BCUT2D eigenvalue weighted by Gasteiger charge is -2.14. The molecule has 1 unspecified atom stereocenters. The number of nitrogens with two attached hydrogens (primary N) is 1. The van der Waals surface area contributed by atoms with Crippen molar-refractivity contribution >= 4 is 22.4 Å². The number of amides is 1. The van der Waals surface area contributed by atoms with Crippen molar-refractivity contribution in [1.29, 1.82) is 0 Å². The maximum absolute atomic E-state index is 12.1. The molecule has 3 rings (SSSR count). The Balaban J connectivity index is 1.55. The van der Waals surface area contributed by atoms with Gasteiger partial charge in [0.15, 0.2) is 11.7 Å². The molecule has 1 atom stereocenters. The second kappa shape index (κ2) is 8.01. The number of carbonyl (C=O) groups excluding carboxylic acids is 1. The highest BCUT2D eigenvalue weighted by molar-refractivity contribution is 7.15. The molecule has 0 radical (unpaired) electrons. The van der Waals surface area contributed by atoms with E-state index in [0.717, 1.165) is 21.7 Å². The zero-order valence-corrected chi connectivity index (χ0v) is 15.5. The fraction of sp³-hybridized carbons (Fsp3) is 0.200. The van der Waals surface area contributed by atoms with Gasteiger partial charge in [-0.2, -0.15) is 0 Å². The molecule has 3 aromatic rings. The topological polar surface area (TPSA) is 77.2 Å². The molecule has 0 aliphatic carbocycles. The molecule has 0 fully saturated rings. The third kappa shape index (κ3) is 4.40. The molecule has 0 aliphatic heterocycles. The van der Waals surface area contributed by atoms with E-state index in [1.807, 2.05) is 68.4 Å². The number of nitrogens with one attached hydrogen (secondary N) is 1. The van der Waals surface area contributed by atoms with Crippen molar-refractivity contribution in [1.82, 2.24) is 10.3 Å². The summed E-state index contributed by atoms with van der Waals surface area (Å²) in [7, 11) is 0. The molecule has 134 valence electrons. The van der Waals surface area contributed by atoms with Gasteiger partial charge in [0.25, 0.3) is 5.91 Å². The summed E-state index contributed by atoms with van der Waals surface area (Å²) in [5.41, 5.74) is 8.67. The predicted octanol–water partition coefficient (Wildman–Crippen LogP) is 3.96. The molecule has 26 heavy (non-hydrogen) atoms. The normalized spacial score (nSPS) is 11.8. The Morgan fingerprint density at radius 1 is 1.19 bits per heavy atom. The standard InChI is InChI=1S/C20H21N3O2S/c1-13(15-6-4-3-5-7-15)22-18(24)12-25-17-10-8-16(9-11-17)19-14(2)26-20(21)23-19/h3-11,13H,12H2,1-2H3,(H2,21,23)(H,22,24). The lowest BCUT2D eigenvalue weighted by Crippen LogP contribution is -2.31. The summed E-state index contributed by atoms with van der Waals surface area (Å²) in [6.07, 6.45) is 0. The number of nitrogen functional groups attached to an aromatic ring is 1. The maximum atomic E-state index is 12.1. The molecular weight excluding hydrogens is 346 g/mol. The first-order valence-corrected chi connectivity index (χ1v) is 9.15. The largest absolute Gasteiger partial charge is 0.484 e. The molecule has 3 N–H and O–H groups in total. The molecule has 6 heteroatoms. The summed E-state index contributed by atoms with van der Waals surface area (Å²) in [5.74, 6) is 0.477. The molecule has 0 saturated carbocycles. The number of aryl methyl sites for hydroxylation is 1. The Bertz CT molecular complexity index is 876. The van der Waals surface area contributed by atoms with Crippen molar-refractivity contribution in [3.63, 3.8) is 0 Å². The average Bonchev–Trinajstić information content (AvgIpc) is 2.99. The zero-order valence-electron chi connectivity index (χ0n) is 14.7. The quantitative estimate of drug-likeness (QED) is 0.691. The molecule has 0 saturated heterocycles. The summed E-state index contributed by atoms with van der Waals surface area (Å²) in [5, 5.41) is 3.48. The molecule has 0 bridgehead atoms.